The molecule has 0 aromatic rings. The summed E-state index contributed by atoms with van der Waals surface area (Å²) in [7, 11) is 2.16. The molecule has 10 heavy (non-hydrogen) atoms. The molecular weight excluding hydrogens is 126 g/mol. The molecule has 0 saturated carbocycles. The van der Waals surface area contributed by atoms with Gasteiger partial charge in [-0.3, -0.25) is 4.90 Å². The second-order valence-electron chi connectivity index (χ2n) is 3.97. The quantitative estimate of drug-likeness (QED) is 0.545. The van der Waals surface area contributed by atoms with Gasteiger partial charge in [-0.05, 0) is 27.8 Å². The maximum absolute atomic E-state index is 5.11. The Kier molecular flexibility index (Phi) is 2.02. The molecule has 1 saturated heterocycles. The SMILES string of the molecule is CN(C1COC1)C(C)(C)C. The molecule has 0 radical (unpaired) electrons. The van der Waals surface area contributed by atoms with Crippen LogP contribution in [-0.4, -0.2) is 36.7 Å². The average Bonchev–Trinajstić information content (AvgIpc) is 1.57. The zero-order valence-electron chi connectivity index (χ0n) is 7.35. The topological polar surface area (TPSA) is 12.5 Å². The minimum Gasteiger partial charge on any atom is -0.378 e. The maximum Gasteiger partial charge on any atom is 0.0645 e. The second-order valence-corrected chi connectivity index (χ2v) is 3.97. The van der Waals surface area contributed by atoms with Crippen LogP contribution in [-0.2, 0) is 4.74 Å². The Balaban J connectivity index is 2.39. The lowest BCUT2D eigenvalue weighted by Gasteiger charge is -2.42. The zero-order valence-corrected chi connectivity index (χ0v) is 7.35. The fourth-order valence-corrected chi connectivity index (χ4v) is 0.995. The van der Waals surface area contributed by atoms with Gasteiger partial charge in [0, 0.05) is 5.54 Å². The Hall–Kier alpha value is -0.0800. The first kappa shape index (κ1) is 8.02. The Labute approximate surface area is 63.2 Å². The number of rotatable bonds is 1. The van der Waals surface area contributed by atoms with Gasteiger partial charge in [-0.25, -0.2) is 0 Å². The van der Waals surface area contributed by atoms with E-state index in [-0.39, 0.29) is 5.54 Å². The van der Waals surface area contributed by atoms with Gasteiger partial charge in [-0.2, -0.15) is 0 Å². The van der Waals surface area contributed by atoms with Crippen LogP contribution in [0.25, 0.3) is 0 Å². The van der Waals surface area contributed by atoms with Gasteiger partial charge in [-0.15, -0.1) is 0 Å². The zero-order chi connectivity index (χ0) is 7.78. The van der Waals surface area contributed by atoms with Crippen molar-refractivity contribution in [3.63, 3.8) is 0 Å². The van der Waals surface area contributed by atoms with Crippen LogP contribution in [0.3, 0.4) is 0 Å². The van der Waals surface area contributed by atoms with Crippen LogP contribution < -0.4 is 0 Å². The molecule has 0 unspecified atom stereocenters. The molecule has 1 heterocycles. The fraction of sp³-hybridized carbons (Fsp3) is 1.00. The van der Waals surface area contributed by atoms with Gasteiger partial charge in [0.25, 0.3) is 0 Å². The molecule has 0 amide bonds. The molecule has 60 valence electrons. The minimum absolute atomic E-state index is 0.286. The molecule has 1 rings (SSSR count). The number of ether oxygens (including phenoxy) is 1. The third-order valence-electron chi connectivity index (χ3n) is 2.23. The van der Waals surface area contributed by atoms with E-state index in [2.05, 4.69) is 32.7 Å². The Morgan fingerprint density at radius 1 is 1.30 bits per heavy atom. The van der Waals surface area contributed by atoms with Crippen molar-refractivity contribution < 1.29 is 4.74 Å². The summed E-state index contributed by atoms with van der Waals surface area (Å²) in [6.07, 6.45) is 0. The monoisotopic (exact) mass is 143 g/mol. The predicted molar refractivity (Wildman–Crippen MR) is 42.1 cm³/mol. The third kappa shape index (κ3) is 1.50. The average molecular weight is 143 g/mol. The first-order chi connectivity index (χ1) is 4.52. The molecule has 0 spiro atoms. The lowest BCUT2D eigenvalue weighted by molar-refractivity contribution is -0.0823. The summed E-state index contributed by atoms with van der Waals surface area (Å²) < 4.78 is 5.11. The minimum atomic E-state index is 0.286. The number of nitrogens with zero attached hydrogens (tertiary/aromatic N) is 1. The standard InChI is InChI=1S/C8H17NO/c1-8(2,3)9(4)7-5-10-6-7/h7H,5-6H2,1-4H3. The normalized spacial score (nSPS) is 21.3. The van der Waals surface area contributed by atoms with E-state index in [0.29, 0.717) is 6.04 Å². The lowest BCUT2D eigenvalue weighted by Crippen LogP contribution is -2.54. The van der Waals surface area contributed by atoms with Crippen molar-refractivity contribution in [1.29, 1.82) is 0 Å². The Morgan fingerprint density at radius 2 is 1.80 bits per heavy atom. The largest absolute Gasteiger partial charge is 0.378 e. The van der Waals surface area contributed by atoms with Crippen molar-refractivity contribution >= 4 is 0 Å². The van der Waals surface area contributed by atoms with E-state index >= 15 is 0 Å². The summed E-state index contributed by atoms with van der Waals surface area (Å²) in [6, 6.07) is 0.653. The van der Waals surface area contributed by atoms with E-state index in [9.17, 15) is 0 Å². The molecule has 1 aliphatic heterocycles. The molecule has 0 N–H and O–H groups in total. The molecule has 1 fully saturated rings. The maximum atomic E-state index is 5.11. The molecule has 2 nitrogen and oxygen atoms in total. The van der Waals surface area contributed by atoms with Crippen LogP contribution in [0.2, 0.25) is 0 Å². The highest BCUT2D eigenvalue weighted by Crippen LogP contribution is 2.18. The van der Waals surface area contributed by atoms with Gasteiger partial charge < -0.3 is 4.74 Å². The van der Waals surface area contributed by atoms with E-state index in [1.54, 1.807) is 0 Å². The van der Waals surface area contributed by atoms with Crippen LogP contribution in [0.4, 0.5) is 0 Å². The van der Waals surface area contributed by atoms with E-state index in [1.807, 2.05) is 0 Å². The summed E-state index contributed by atoms with van der Waals surface area (Å²) in [5.41, 5.74) is 0.286. The molecule has 1 aliphatic rings. The van der Waals surface area contributed by atoms with Crippen LogP contribution in [0.1, 0.15) is 20.8 Å². The predicted octanol–water partition coefficient (Wildman–Crippen LogP) is 1.12. The number of hydrogen-bond acceptors (Lipinski definition) is 2. The smallest absolute Gasteiger partial charge is 0.0645 e. The summed E-state index contributed by atoms with van der Waals surface area (Å²) in [5.74, 6) is 0. The van der Waals surface area contributed by atoms with Gasteiger partial charge in [0.15, 0.2) is 0 Å². The summed E-state index contributed by atoms with van der Waals surface area (Å²) in [4.78, 5) is 2.37. The van der Waals surface area contributed by atoms with Gasteiger partial charge in [0.2, 0.25) is 0 Å². The van der Waals surface area contributed by atoms with Gasteiger partial charge >= 0.3 is 0 Å². The van der Waals surface area contributed by atoms with Crippen LogP contribution in [0.5, 0.6) is 0 Å². The van der Waals surface area contributed by atoms with E-state index in [0.717, 1.165) is 13.2 Å². The second kappa shape index (κ2) is 2.51. The third-order valence-corrected chi connectivity index (χ3v) is 2.23. The van der Waals surface area contributed by atoms with Gasteiger partial charge in [0.05, 0.1) is 19.3 Å². The first-order valence-electron chi connectivity index (χ1n) is 3.82. The number of likely N-dealkylation sites (N-methyl/N-ethyl adjacent to an activating group) is 1. The van der Waals surface area contributed by atoms with Crippen molar-refractivity contribution in [1.82, 2.24) is 4.90 Å². The van der Waals surface area contributed by atoms with Crippen LogP contribution >= 0.6 is 0 Å². The summed E-state index contributed by atoms with van der Waals surface area (Å²) >= 11 is 0. The Morgan fingerprint density at radius 3 is 1.90 bits per heavy atom. The summed E-state index contributed by atoms with van der Waals surface area (Å²) in [5, 5.41) is 0. The molecule has 0 aliphatic carbocycles. The van der Waals surface area contributed by atoms with Gasteiger partial charge in [0.1, 0.15) is 0 Å². The number of hydrogen-bond donors (Lipinski definition) is 0. The lowest BCUT2D eigenvalue weighted by atomic mass is 10.0. The highest BCUT2D eigenvalue weighted by Gasteiger charge is 2.29. The fourth-order valence-electron chi connectivity index (χ4n) is 0.995. The molecule has 0 aromatic heterocycles. The van der Waals surface area contributed by atoms with Crippen molar-refractivity contribution in [2.45, 2.75) is 32.4 Å². The van der Waals surface area contributed by atoms with Crippen molar-refractivity contribution in [3.8, 4) is 0 Å². The van der Waals surface area contributed by atoms with Crippen molar-refractivity contribution in [2.75, 3.05) is 20.3 Å². The van der Waals surface area contributed by atoms with Crippen molar-refractivity contribution in [2.24, 2.45) is 0 Å². The van der Waals surface area contributed by atoms with Crippen molar-refractivity contribution in [3.05, 3.63) is 0 Å². The highest BCUT2D eigenvalue weighted by molar-refractivity contribution is 4.83. The Bertz CT molecular complexity index is 113. The van der Waals surface area contributed by atoms with E-state index in [1.165, 1.54) is 0 Å². The molecule has 0 atom stereocenters. The molecule has 2 heteroatoms. The first-order valence-corrected chi connectivity index (χ1v) is 3.82. The molecule has 0 aromatic carbocycles. The molecular formula is C8H17NO. The van der Waals surface area contributed by atoms with Gasteiger partial charge in [-0.1, -0.05) is 0 Å². The van der Waals surface area contributed by atoms with E-state index in [4.69, 9.17) is 4.74 Å². The van der Waals surface area contributed by atoms with Crippen LogP contribution in [0.15, 0.2) is 0 Å². The van der Waals surface area contributed by atoms with E-state index < -0.39 is 0 Å². The van der Waals surface area contributed by atoms with Crippen LogP contribution in [0, 0.1) is 0 Å². The summed E-state index contributed by atoms with van der Waals surface area (Å²) in [6.45, 7) is 8.50. The highest BCUT2D eigenvalue weighted by atomic mass is 16.5. The molecule has 0 bridgehead atoms.